The van der Waals surface area contributed by atoms with Crippen molar-refractivity contribution in [2.24, 2.45) is 7.05 Å². The highest BCUT2D eigenvalue weighted by Gasteiger charge is 2.18. The molecule has 0 bridgehead atoms. The van der Waals surface area contributed by atoms with Crippen LogP contribution in [0.25, 0.3) is 32.7 Å². The van der Waals surface area contributed by atoms with Gasteiger partial charge in [0.1, 0.15) is 0 Å². The Labute approximate surface area is 150 Å². The number of para-hydroxylation sites is 2. The van der Waals surface area contributed by atoms with Crippen molar-refractivity contribution in [3.8, 4) is 0 Å². The van der Waals surface area contributed by atoms with Crippen LogP contribution in [0, 0.1) is 0 Å². The smallest absolute Gasteiger partial charge is 0.260 e. The molecule has 0 spiro atoms. The molecular weight excluding hydrogens is 320 g/mol. The zero-order chi connectivity index (χ0) is 17.7. The van der Waals surface area contributed by atoms with Crippen LogP contribution in [0.5, 0.6) is 0 Å². The number of aromatic nitrogens is 2. The van der Waals surface area contributed by atoms with E-state index >= 15 is 0 Å². The molecule has 126 valence electrons. The molecule has 3 heteroatoms. The maximum absolute atomic E-state index is 13.2. The van der Waals surface area contributed by atoms with Crippen LogP contribution >= 0.6 is 0 Å². The van der Waals surface area contributed by atoms with E-state index < -0.39 is 0 Å². The van der Waals surface area contributed by atoms with Gasteiger partial charge in [-0.3, -0.25) is 4.79 Å². The second-order valence-corrected chi connectivity index (χ2v) is 6.69. The first-order chi connectivity index (χ1) is 12.8. The molecule has 5 rings (SSSR count). The molecule has 0 fully saturated rings. The third-order valence-corrected chi connectivity index (χ3v) is 5.19. The van der Waals surface area contributed by atoms with Crippen molar-refractivity contribution in [2.75, 3.05) is 0 Å². The number of fused-ring (bicyclic) bond motifs is 5. The molecule has 0 amide bonds. The number of rotatable bonds is 2. The van der Waals surface area contributed by atoms with Crippen LogP contribution in [0.1, 0.15) is 5.56 Å². The summed E-state index contributed by atoms with van der Waals surface area (Å²) in [4.78, 5) is 13.2. The molecule has 0 saturated carbocycles. The first kappa shape index (κ1) is 15.0. The van der Waals surface area contributed by atoms with Gasteiger partial charge in [0.05, 0.1) is 16.4 Å². The molecule has 0 radical (unpaired) electrons. The van der Waals surface area contributed by atoms with Gasteiger partial charge in [-0.05, 0) is 17.7 Å². The highest BCUT2D eigenvalue weighted by Crippen LogP contribution is 2.32. The van der Waals surface area contributed by atoms with Gasteiger partial charge in [-0.25, -0.2) is 0 Å². The monoisotopic (exact) mass is 338 g/mol. The zero-order valence-electron chi connectivity index (χ0n) is 14.5. The topological polar surface area (TPSA) is 26.9 Å². The standard InChI is InChI=1S/C23H18N2O/c1-24-19-13-7-6-12-18(19)22-21(23(24)26)17-11-5-8-14-20(17)25(22)15-16-9-3-2-4-10-16/h2-14H,15H2,1H3. The molecule has 5 aromatic rings. The van der Waals surface area contributed by atoms with Gasteiger partial charge in [-0.1, -0.05) is 66.7 Å². The zero-order valence-corrected chi connectivity index (χ0v) is 14.5. The van der Waals surface area contributed by atoms with Gasteiger partial charge in [0.2, 0.25) is 0 Å². The van der Waals surface area contributed by atoms with Gasteiger partial charge in [0.15, 0.2) is 0 Å². The van der Waals surface area contributed by atoms with Gasteiger partial charge in [-0.15, -0.1) is 0 Å². The average molecular weight is 338 g/mol. The summed E-state index contributed by atoms with van der Waals surface area (Å²) >= 11 is 0. The Morgan fingerprint density at radius 3 is 2.12 bits per heavy atom. The second-order valence-electron chi connectivity index (χ2n) is 6.69. The van der Waals surface area contributed by atoms with Crippen LogP contribution in [0.2, 0.25) is 0 Å². The number of hydrogen-bond donors (Lipinski definition) is 0. The molecule has 0 atom stereocenters. The number of nitrogens with zero attached hydrogens (tertiary/aromatic N) is 2. The highest BCUT2D eigenvalue weighted by atomic mass is 16.1. The normalized spacial score (nSPS) is 11.6. The predicted molar refractivity (Wildman–Crippen MR) is 108 cm³/mol. The fourth-order valence-corrected chi connectivity index (χ4v) is 3.97. The van der Waals surface area contributed by atoms with Crippen LogP contribution in [0.4, 0.5) is 0 Å². The Hall–Kier alpha value is -3.33. The van der Waals surface area contributed by atoms with Crippen LogP contribution < -0.4 is 5.56 Å². The van der Waals surface area contributed by atoms with E-state index in [4.69, 9.17) is 0 Å². The van der Waals surface area contributed by atoms with Crippen molar-refractivity contribution >= 4 is 32.7 Å². The fraction of sp³-hybridized carbons (Fsp3) is 0.0870. The largest absolute Gasteiger partial charge is 0.335 e. The van der Waals surface area contributed by atoms with E-state index in [1.807, 2.05) is 43.4 Å². The first-order valence-electron chi connectivity index (χ1n) is 8.78. The predicted octanol–water partition coefficient (Wildman–Crippen LogP) is 4.69. The Bertz CT molecular complexity index is 1330. The molecule has 2 aromatic heterocycles. The highest BCUT2D eigenvalue weighted by molar-refractivity contribution is 6.16. The van der Waals surface area contributed by atoms with E-state index in [0.717, 1.165) is 39.3 Å². The minimum Gasteiger partial charge on any atom is -0.335 e. The lowest BCUT2D eigenvalue weighted by Gasteiger charge is -2.11. The lowest BCUT2D eigenvalue weighted by Crippen LogP contribution is -2.17. The fourth-order valence-electron chi connectivity index (χ4n) is 3.97. The van der Waals surface area contributed by atoms with Crippen molar-refractivity contribution in [3.63, 3.8) is 0 Å². The first-order valence-corrected chi connectivity index (χ1v) is 8.78. The lowest BCUT2D eigenvalue weighted by molar-refractivity contribution is 0.867. The van der Waals surface area contributed by atoms with Gasteiger partial charge in [0.25, 0.3) is 5.56 Å². The van der Waals surface area contributed by atoms with Gasteiger partial charge < -0.3 is 9.13 Å². The SMILES string of the molecule is Cn1c(=O)c2c3ccccc3n(Cc3ccccc3)c2c2ccccc21. The molecule has 0 aliphatic carbocycles. The van der Waals surface area contributed by atoms with E-state index in [-0.39, 0.29) is 5.56 Å². The summed E-state index contributed by atoms with van der Waals surface area (Å²) in [6.45, 7) is 0.738. The molecule has 0 saturated heterocycles. The van der Waals surface area contributed by atoms with E-state index in [9.17, 15) is 4.79 Å². The minimum atomic E-state index is 0.0571. The lowest BCUT2D eigenvalue weighted by atomic mass is 10.1. The number of aryl methyl sites for hydroxylation is 1. The van der Waals surface area contributed by atoms with Crippen molar-refractivity contribution in [1.82, 2.24) is 9.13 Å². The van der Waals surface area contributed by atoms with Crippen LogP contribution in [0.3, 0.4) is 0 Å². The molecule has 26 heavy (non-hydrogen) atoms. The quantitative estimate of drug-likeness (QED) is 0.458. The summed E-state index contributed by atoms with van der Waals surface area (Å²) in [7, 11) is 1.85. The summed E-state index contributed by atoms with van der Waals surface area (Å²) in [6, 6.07) is 26.7. The van der Waals surface area contributed by atoms with E-state index in [0.29, 0.717) is 0 Å². The molecule has 3 nitrogen and oxygen atoms in total. The van der Waals surface area contributed by atoms with Gasteiger partial charge in [-0.2, -0.15) is 0 Å². The maximum atomic E-state index is 13.2. The summed E-state index contributed by atoms with van der Waals surface area (Å²) in [5, 5.41) is 2.93. The molecule has 0 aliphatic heterocycles. The maximum Gasteiger partial charge on any atom is 0.260 e. The average Bonchev–Trinajstić information content (AvgIpc) is 3.02. The van der Waals surface area contributed by atoms with E-state index in [1.54, 1.807) is 4.57 Å². The van der Waals surface area contributed by atoms with Gasteiger partial charge in [0, 0.05) is 29.9 Å². The third kappa shape index (κ3) is 2.04. The van der Waals surface area contributed by atoms with Crippen LogP contribution in [0.15, 0.2) is 83.7 Å². The van der Waals surface area contributed by atoms with E-state index in [1.165, 1.54) is 5.56 Å². The number of pyridine rings is 1. The Morgan fingerprint density at radius 1 is 0.731 bits per heavy atom. The molecule has 2 heterocycles. The van der Waals surface area contributed by atoms with Crippen molar-refractivity contribution in [1.29, 1.82) is 0 Å². The number of benzene rings is 3. The van der Waals surface area contributed by atoms with E-state index in [2.05, 4.69) is 47.0 Å². The molecule has 0 unspecified atom stereocenters. The van der Waals surface area contributed by atoms with Crippen LogP contribution in [-0.4, -0.2) is 9.13 Å². The van der Waals surface area contributed by atoms with Crippen molar-refractivity contribution < 1.29 is 0 Å². The number of hydrogen-bond acceptors (Lipinski definition) is 1. The Morgan fingerprint density at radius 2 is 1.35 bits per heavy atom. The second kappa shape index (κ2) is 5.60. The summed E-state index contributed by atoms with van der Waals surface area (Å²) in [6.07, 6.45) is 0. The molecule has 0 aliphatic rings. The van der Waals surface area contributed by atoms with Gasteiger partial charge >= 0.3 is 0 Å². The molecule has 3 aromatic carbocycles. The Balaban J connectivity index is 2.01. The summed E-state index contributed by atoms with van der Waals surface area (Å²) < 4.78 is 4.04. The minimum absolute atomic E-state index is 0.0571. The third-order valence-electron chi connectivity index (χ3n) is 5.19. The molecular formula is C23H18N2O. The summed E-state index contributed by atoms with van der Waals surface area (Å²) in [5.41, 5.74) is 4.36. The molecule has 0 N–H and O–H groups in total. The van der Waals surface area contributed by atoms with Crippen LogP contribution in [-0.2, 0) is 13.6 Å². The Kier molecular flexibility index (Phi) is 3.22. The summed E-state index contributed by atoms with van der Waals surface area (Å²) in [5.74, 6) is 0. The van der Waals surface area contributed by atoms with Crippen molar-refractivity contribution in [2.45, 2.75) is 6.54 Å². The van der Waals surface area contributed by atoms with Crippen molar-refractivity contribution in [3.05, 3.63) is 94.8 Å².